The lowest BCUT2D eigenvalue weighted by atomic mass is 9.93. The summed E-state index contributed by atoms with van der Waals surface area (Å²) in [6, 6.07) is 0. The Hall–Kier alpha value is 0. The Morgan fingerprint density at radius 1 is 0.733 bits per heavy atom. The van der Waals surface area contributed by atoms with E-state index in [9.17, 15) is 0 Å². The summed E-state index contributed by atoms with van der Waals surface area (Å²) in [4.78, 5) is 0. The summed E-state index contributed by atoms with van der Waals surface area (Å²) in [6.07, 6.45) is 13.0. The predicted molar refractivity (Wildman–Crippen MR) is 71.2 cm³/mol. The van der Waals surface area contributed by atoms with Crippen LogP contribution >= 0.6 is 0 Å². The van der Waals surface area contributed by atoms with Crippen molar-refractivity contribution >= 4 is 0 Å². The van der Waals surface area contributed by atoms with Crippen LogP contribution in [-0.2, 0) is 0 Å². The first-order valence-corrected chi connectivity index (χ1v) is 7.16. The van der Waals surface area contributed by atoms with Crippen LogP contribution in [-0.4, -0.2) is 0 Å². The summed E-state index contributed by atoms with van der Waals surface area (Å²) in [5.41, 5.74) is 0. The van der Waals surface area contributed by atoms with Gasteiger partial charge in [0.05, 0.1) is 0 Å². The smallest absolute Gasteiger partial charge is 0.0440 e. The number of rotatable bonds is 10. The molecule has 0 fully saturated rings. The van der Waals surface area contributed by atoms with Crippen LogP contribution in [0.2, 0.25) is 0 Å². The van der Waals surface area contributed by atoms with E-state index < -0.39 is 0 Å². The molecule has 0 aliphatic rings. The Balaban J connectivity index is 3.09. The lowest BCUT2D eigenvalue weighted by molar-refractivity contribution is 0.397. The Labute approximate surface area is 97.8 Å². The summed E-state index contributed by atoms with van der Waals surface area (Å²) in [5, 5.41) is 0. The first kappa shape index (κ1) is 15.0. The maximum atomic E-state index is 2.41. The van der Waals surface area contributed by atoms with E-state index in [0.29, 0.717) is 0 Å². The minimum Gasteiger partial charge on any atom is -0.0654 e. The molecule has 0 saturated heterocycles. The Bertz CT molecular complexity index is 115. The SMILES string of the molecule is CCCCCCCCCC(C)CC(C)C. The van der Waals surface area contributed by atoms with Gasteiger partial charge in [-0.2, -0.15) is 0 Å². The molecule has 1 atom stereocenters. The maximum absolute atomic E-state index is 2.41. The molecule has 0 aromatic carbocycles. The molecule has 0 amide bonds. The van der Waals surface area contributed by atoms with Crippen molar-refractivity contribution in [3.8, 4) is 0 Å². The van der Waals surface area contributed by atoms with Crippen LogP contribution < -0.4 is 0 Å². The third-order valence-electron chi connectivity index (χ3n) is 3.17. The topological polar surface area (TPSA) is 0 Å². The molecule has 0 heterocycles. The summed E-state index contributed by atoms with van der Waals surface area (Å²) in [7, 11) is 0. The van der Waals surface area contributed by atoms with Crippen molar-refractivity contribution in [2.24, 2.45) is 11.8 Å². The summed E-state index contributed by atoms with van der Waals surface area (Å²) in [5.74, 6) is 1.82. The van der Waals surface area contributed by atoms with E-state index in [1.54, 1.807) is 0 Å². The summed E-state index contributed by atoms with van der Waals surface area (Å²) in [6.45, 7) is 9.37. The van der Waals surface area contributed by atoms with E-state index in [-0.39, 0.29) is 0 Å². The third-order valence-corrected chi connectivity index (χ3v) is 3.17. The minimum atomic E-state index is 0.879. The quantitative estimate of drug-likeness (QED) is 0.401. The molecular formula is C15H32. The third kappa shape index (κ3) is 11.9. The van der Waals surface area contributed by atoms with E-state index in [1.165, 1.54) is 57.8 Å². The molecule has 0 radical (unpaired) electrons. The van der Waals surface area contributed by atoms with Crippen molar-refractivity contribution in [2.75, 3.05) is 0 Å². The van der Waals surface area contributed by atoms with Crippen molar-refractivity contribution in [1.29, 1.82) is 0 Å². The van der Waals surface area contributed by atoms with Gasteiger partial charge in [-0.3, -0.25) is 0 Å². The molecule has 0 bridgehead atoms. The van der Waals surface area contributed by atoms with Crippen LogP contribution in [0.25, 0.3) is 0 Å². The van der Waals surface area contributed by atoms with Gasteiger partial charge in [-0.05, 0) is 18.3 Å². The van der Waals surface area contributed by atoms with Crippen molar-refractivity contribution in [3.05, 3.63) is 0 Å². The number of hydrogen-bond acceptors (Lipinski definition) is 0. The van der Waals surface area contributed by atoms with Crippen LogP contribution in [0.4, 0.5) is 0 Å². The second-order valence-corrected chi connectivity index (χ2v) is 5.64. The van der Waals surface area contributed by atoms with Gasteiger partial charge in [-0.1, -0.05) is 79.1 Å². The molecule has 0 aromatic rings. The highest BCUT2D eigenvalue weighted by Crippen LogP contribution is 2.18. The zero-order valence-corrected chi connectivity index (χ0v) is 11.5. The van der Waals surface area contributed by atoms with Gasteiger partial charge in [-0.15, -0.1) is 0 Å². The van der Waals surface area contributed by atoms with Gasteiger partial charge in [0.15, 0.2) is 0 Å². The van der Waals surface area contributed by atoms with Crippen LogP contribution in [0.5, 0.6) is 0 Å². The lowest BCUT2D eigenvalue weighted by Crippen LogP contribution is -1.99. The monoisotopic (exact) mass is 212 g/mol. The fourth-order valence-corrected chi connectivity index (χ4v) is 2.37. The first-order valence-electron chi connectivity index (χ1n) is 7.16. The van der Waals surface area contributed by atoms with E-state index in [0.717, 1.165) is 11.8 Å². The van der Waals surface area contributed by atoms with Gasteiger partial charge >= 0.3 is 0 Å². The van der Waals surface area contributed by atoms with Crippen LogP contribution in [0.1, 0.15) is 85.5 Å². The van der Waals surface area contributed by atoms with E-state index in [1.807, 2.05) is 0 Å². The molecular weight excluding hydrogens is 180 g/mol. The standard InChI is InChI=1S/C15H32/c1-5-6-7-8-9-10-11-12-15(4)13-14(2)3/h14-15H,5-13H2,1-4H3. The second kappa shape index (κ2) is 10.5. The Morgan fingerprint density at radius 2 is 1.27 bits per heavy atom. The normalized spacial score (nSPS) is 13.4. The van der Waals surface area contributed by atoms with E-state index in [4.69, 9.17) is 0 Å². The van der Waals surface area contributed by atoms with Gasteiger partial charge in [0, 0.05) is 0 Å². The molecule has 1 unspecified atom stereocenters. The largest absolute Gasteiger partial charge is 0.0654 e. The summed E-state index contributed by atoms with van der Waals surface area (Å²) >= 11 is 0. The van der Waals surface area contributed by atoms with Crippen molar-refractivity contribution in [3.63, 3.8) is 0 Å². The molecule has 15 heavy (non-hydrogen) atoms. The molecule has 0 heteroatoms. The van der Waals surface area contributed by atoms with Gasteiger partial charge in [0.25, 0.3) is 0 Å². The van der Waals surface area contributed by atoms with Crippen molar-refractivity contribution < 1.29 is 0 Å². The van der Waals surface area contributed by atoms with E-state index >= 15 is 0 Å². The highest BCUT2D eigenvalue weighted by molar-refractivity contribution is 4.56. The lowest BCUT2D eigenvalue weighted by Gasteiger charge is -2.13. The molecule has 0 nitrogen and oxygen atoms in total. The highest BCUT2D eigenvalue weighted by Gasteiger charge is 2.04. The number of hydrogen-bond donors (Lipinski definition) is 0. The van der Waals surface area contributed by atoms with Gasteiger partial charge < -0.3 is 0 Å². The Kier molecular flexibility index (Phi) is 10.5. The number of unbranched alkanes of at least 4 members (excludes halogenated alkanes) is 6. The molecule has 0 spiro atoms. The molecule has 0 saturated carbocycles. The highest BCUT2D eigenvalue weighted by atomic mass is 14.1. The average molecular weight is 212 g/mol. The first-order chi connectivity index (χ1) is 7.16. The summed E-state index contributed by atoms with van der Waals surface area (Å²) < 4.78 is 0. The molecule has 0 N–H and O–H groups in total. The van der Waals surface area contributed by atoms with Crippen molar-refractivity contribution in [1.82, 2.24) is 0 Å². The molecule has 0 aliphatic carbocycles. The van der Waals surface area contributed by atoms with E-state index in [2.05, 4.69) is 27.7 Å². The zero-order chi connectivity index (χ0) is 11.5. The predicted octanol–water partition coefficient (Wildman–Crippen LogP) is 5.81. The fourth-order valence-electron chi connectivity index (χ4n) is 2.37. The van der Waals surface area contributed by atoms with Crippen molar-refractivity contribution in [2.45, 2.75) is 85.5 Å². The zero-order valence-electron chi connectivity index (χ0n) is 11.5. The van der Waals surface area contributed by atoms with Crippen LogP contribution in [0.15, 0.2) is 0 Å². The molecule has 92 valence electrons. The Morgan fingerprint density at radius 3 is 1.80 bits per heavy atom. The van der Waals surface area contributed by atoms with Crippen LogP contribution in [0, 0.1) is 11.8 Å². The average Bonchev–Trinajstić information content (AvgIpc) is 2.15. The molecule has 0 rings (SSSR count). The van der Waals surface area contributed by atoms with Crippen LogP contribution in [0.3, 0.4) is 0 Å². The maximum Gasteiger partial charge on any atom is -0.0440 e. The van der Waals surface area contributed by atoms with Gasteiger partial charge in [0.2, 0.25) is 0 Å². The van der Waals surface area contributed by atoms with Gasteiger partial charge in [0.1, 0.15) is 0 Å². The fraction of sp³-hybridized carbons (Fsp3) is 1.00. The molecule has 0 aromatic heterocycles. The second-order valence-electron chi connectivity index (χ2n) is 5.64. The molecule has 0 aliphatic heterocycles. The van der Waals surface area contributed by atoms with Gasteiger partial charge in [-0.25, -0.2) is 0 Å². The minimum absolute atomic E-state index is 0.879.